The second-order valence-electron chi connectivity index (χ2n) is 6.56. The number of hydrogen-bond acceptors (Lipinski definition) is 4. The van der Waals surface area contributed by atoms with Gasteiger partial charge >= 0.3 is 0 Å². The summed E-state index contributed by atoms with van der Waals surface area (Å²) in [5.74, 6) is 0. The lowest BCUT2D eigenvalue weighted by molar-refractivity contribution is 0.0571. The molecule has 0 bridgehead atoms. The van der Waals surface area contributed by atoms with Gasteiger partial charge < -0.3 is 15.7 Å². The smallest absolute Gasteiger partial charge is 0.0608 e. The van der Waals surface area contributed by atoms with E-state index in [-0.39, 0.29) is 12.1 Å². The Labute approximate surface area is 106 Å². The summed E-state index contributed by atoms with van der Waals surface area (Å²) >= 11 is 0. The van der Waals surface area contributed by atoms with Crippen LogP contribution in [0.15, 0.2) is 0 Å². The Bertz CT molecular complexity index is 227. The highest BCUT2D eigenvalue weighted by molar-refractivity contribution is 4.84. The van der Waals surface area contributed by atoms with Crippen molar-refractivity contribution in [3.63, 3.8) is 0 Å². The highest BCUT2D eigenvalue weighted by Crippen LogP contribution is 2.16. The summed E-state index contributed by atoms with van der Waals surface area (Å²) in [6.07, 6.45) is 0.860. The number of rotatable bonds is 4. The maximum absolute atomic E-state index is 9.12. The van der Waals surface area contributed by atoms with Gasteiger partial charge in [0.15, 0.2) is 0 Å². The van der Waals surface area contributed by atoms with Crippen molar-refractivity contribution in [1.82, 2.24) is 9.80 Å². The molecule has 0 aliphatic carbocycles. The van der Waals surface area contributed by atoms with Crippen molar-refractivity contribution in [2.45, 2.75) is 45.2 Å². The van der Waals surface area contributed by atoms with Crippen LogP contribution < -0.4 is 5.73 Å². The summed E-state index contributed by atoms with van der Waals surface area (Å²) in [4.78, 5) is 4.97. The monoisotopic (exact) mass is 243 g/mol. The summed E-state index contributed by atoms with van der Waals surface area (Å²) in [5.41, 5.74) is 5.79. The fourth-order valence-electron chi connectivity index (χ4n) is 2.13. The van der Waals surface area contributed by atoms with E-state index >= 15 is 0 Å². The van der Waals surface area contributed by atoms with Gasteiger partial charge in [0.05, 0.1) is 6.61 Å². The maximum Gasteiger partial charge on any atom is 0.0608 e. The van der Waals surface area contributed by atoms with Gasteiger partial charge in [-0.3, -0.25) is 4.90 Å². The third-order valence-corrected chi connectivity index (χ3v) is 3.68. The molecule has 1 aliphatic heterocycles. The summed E-state index contributed by atoms with van der Waals surface area (Å²) in [6, 6.07) is 0. The average Bonchev–Trinajstić information content (AvgIpc) is 2.26. The molecule has 1 saturated heterocycles. The van der Waals surface area contributed by atoms with Crippen LogP contribution in [0.2, 0.25) is 0 Å². The van der Waals surface area contributed by atoms with Gasteiger partial charge in [-0.15, -0.1) is 0 Å². The Morgan fingerprint density at radius 3 is 2.00 bits per heavy atom. The number of aliphatic hydroxyl groups is 1. The second-order valence-corrected chi connectivity index (χ2v) is 6.56. The molecule has 1 fully saturated rings. The van der Waals surface area contributed by atoms with E-state index in [0.717, 1.165) is 39.1 Å². The van der Waals surface area contributed by atoms with Crippen LogP contribution in [-0.2, 0) is 0 Å². The van der Waals surface area contributed by atoms with Crippen LogP contribution >= 0.6 is 0 Å². The lowest BCUT2D eigenvalue weighted by atomic mass is 10.00. The van der Waals surface area contributed by atoms with Crippen molar-refractivity contribution in [3.8, 4) is 0 Å². The van der Waals surface area contributed by atoms with Crippen LogP contribution in [0.1, 0.15) is 34.1 Å². The lowest BCUT2D eigenvalue weighted by Gasteiger charge is -2.42. The van der Waals surface area contributed by atoms with Crippen LogP contribution in [0.25, 0.3) is 0 Å². The van der Waals surface area contributed by atoms with Crippen molar-refractivity contribution in [3.05, 3.63) is 0 Å². The first-order valence-electron chi connectivity index (χ1n) is 6.62. The molecular weight excluding hydrogens is 214 g/mol. The maximum atomic E-state index is 9.12. The molecule has 3 N–H and O–H groups in total. The van der Waals surface area contributed by atoms with Crippen molar-refractivity contribution in [1.29, 1.82) is 0 Å². The van der Waals surface area contributed by atoms with Gasteiger partial charge in [0, 0.05) is 43.8 Å². The molecule has 1 heterocycles. The van der Waals surface area contributed by atoms with Crippen molar-refractivity contribution in [2.24, 2.45) is 5.73 Å². The summed E-state index contributed by atoms with van der Waals surface area (Å²) in [7, 11) is 0. The zero-order valence-electron chi connectivity index (χ0n) is 11.9. The predicted molar refractivity (Wildman–Crippen MR) is 72.1 cm³/mol. The van der Waals surface area contributed by atoms with Crippen LogP contribution in [-0.4, -0.2) is 65.3 Å². The Kier molecular flexibility index (Phi) is 4.95. The van der Waals surface area contributed by atoms with E-state index in [1.807, 2.05) is 6.92 Å². The molecule has 4 heteroatoms. The predicted octanol–water partition coefficient (Wildman–Crippen LogP) is 0.502. The van der Waals surface area contributed by atoms with Crippen LogP contribution in [0.3, 0.4) is 0 Å². The van der Waals surface area contributed by atoms with Gasteiger partial charge in [-0.1, -0.05) is 0 Å². The number of nitrogens with zero attached hydrogens (tertiary/aromatic N) is 2. The fourth-order valence-corrected chi connectivity index (χ4v) is 2.13. The van der Waals surface area contributed by atoms with E-state index in [1.54, 1.807) is 0 Å². The Hall–Kier alpha value is -0.160. The molecule has 1 atom stereocenters. The molecule has 1 aliphatic rings. The lowest BCUT2D eigenvalue weighted by Crippen LogP contribution is -2.54. The second kappa shape index (κ2) is 5.65. The van der Waals surface area contributed by atoms with E-state index < -0.39 is 5.54 Å². The van der Waals surface area contributed by atoms with Gasteiger partial charge in [-0.2, -0.15) is 0 Å². The van der Waals surface area contributed by atoms with E-state index in [0.29, 0.717) is 0 Å². The average molecular weight is 243 g/mol. The van der Waals surface area contributed by atoms with E-state index in [4.69, 9.17) is 10.8 Å². The molecule has 0 saturated carbocycles. The summed E-state index contributed by atoms with van der Waals surface area (Å²) in [6.45, 7) is 14.3. The van der Waals surface area contributed by atoms with Crippen LogP contribution in [0.5, 0.6) is 0 Å². The quantitative estimate of drug-likeness (QED) is 0.755. The molecule has 102 valence electrons. The molecule has 4 nitrogen and oxygen atoms in total. The van der Waals surface area contributed by atoms with E-state index in [9.17, 15) is 0 Å². The third-order valence-electron chi connectivity index (χ3n) is 3.68. The molecule has 0 spiro atoms. The van der Waals surface area contributed by atoms with Gasteiger partial charge in [-0.25, -0.2) is 0 Å². The molecule has 0 amide bonds. The number of aliphatic hydroxyl groups excluding tert-OH is 1. The first-order chi connectivity index (χ1) is 7.74. The standard InChI is InChI=1S/C13H29N3O/c1-12(2,3)16-9-7-15(8-10-16)6-5-13(4,14)11-17/h17H,5-11,14H2,1-4H3. The largest absolute Gasteiger partial charge is 0.394 e. The minimum absolute atomic E-state index is 0.0644. The van der Waals surface area contributed by atoms with Gasteiger partial charge in [0.2, 0.25) is 0 Å². The van der Waals surface area contributed by atoms with Crippen molar-refractivity contribution >= 4 is 0 Å². The number of piperazine rings is 1. The highest BCUT2D eigenvalue weighted by Gasteiger charge is 2.26. The zero-order chi connectivity index (χ0) is 13.1. The third kappa shape index (κ3) is 4.92. The van der Waals surface area contributed by atoms with Crippen molar-refractivity contribution < 1.29 is 5.11 Å². The zero-order valence-corrected chi connectivity index (χ0v) is 11.9. The molecule has 0 aromatic heterocycles. The Morgan fingerprint density at radius 1 is 1.06 bits per heavy atom. The van der Waals surface area contributed by atoms with E-state index in [1.165, 1.54) is 0 Å². The SMILES string of the molecule is CC(N)(CO)CCN1CCN(C(C)(C)C)CC1. The Balaban J connectivity index is 2.29. The number of nitrogens with two attached hydrogens (primary N) is 1. The molecule has 0 aromatic carbocycles. The summed E-state index contributed by atoms with van der Waals surface area (Å²) < 4.78 is 0. The molecule has 17 heavy (non-hydrogen) atoms. The van der Waals surface area contributed by atoms with Gasteiger partial charge in [0.25, 0.3) is 0 Å². The minimum atomic E-state index is -0.429. The molecular formula is C13H29N3O. The number of hydrogen-bond donors (Lipinski definition) is 2. The van der Waals surface area contributed by atoms with Crippen LogP contribution in [0, 0.1) is 0 Å². The first-order valence-corrected chi connectivity index (χ1v) is 6.62. The van der Waals surface area contributed by atoms with Crippen molar-refractivity contribution in [2.75, 3.05) is 39.3 Å². The highest BCUT2D eigenvalue weighted by atomic mass is 16.3. The molecule has 1 unspecified atom stereocenters. The topological polar surface area (TPSA) is 52.7 Å². The first kappa shape index (κ1) is 14.9. The molecule has 1 rings (SSSR count). The van der Waals surface area contributed by atoms with Crippen LogP contribution in [0.4, 0.5) is 0 Å². The minimum Gasteiger partial charge on any atom is -0.394 e. The Morgan fingerprint density at radius 2 is 1.59 bits per heavy atom. The van der Waals surface area contributed by atoms with E-state index in [2.05, 4.69) is 30.6 Å². The van der Waals surface area contributed by atoms with Gasteiger partial charge in [-0.05, 0) is 34.1 Å². The molecule has 0 radical (unpaired) electrons. The molecule has 0 aromatic rings. The summed E-state index contributed by atoms with van der Waals surface area (Å²) in [5, 5.41) is 9.12. The van der Waals surface area contributed by atoms with Gasteiger partial charge in [0.1, 0.15) is 0 Å². The fraction of sp³-hybridized carbons (Fsp3) is 1.00. The normalized spacial score (nSPS) is 23.6.